The van der Waals surface area contributed by atoms with Crippen molar-refractivity contribution in [2.75, 3.05) is 6.61 Å². The van der Waals surface area contributed by atoms with Crippen LogP contribution in [-0.2, 0) is 38.6 Å². The van der Waals surface area contributed by atoms with Gasteiger partial charge in [0.15, 0.2) is 5.78 Å². The van der Waals surface area contributed by atoms with Gasteiger partial charge >= 0.3 is 0 Å². The molecule has 3 unspecified atom stereocenters. The molecule has 2 heterocycles. The zero-order valence-electron chi connectivity index (χ0n) is 18.3. The topological polar surface area (TPSA) is 95.9 Å². The van der Waals surface area contributed by atoms with Gasteiger partial charge in [0.25, 0.3) is 0 Å². The fourth-order valence-electron chi connectivity index (χ4n) is 4.62. The summed E-state index contributed by atoms with van der Waals surface area (Å²) in [6.45, 7) is 4.43. The summed E-state index contributed by atoms with van der Waals surface area (Å²) in [6, 6.07) is 14.6. The van der Waals surface area contributed by atoms with Gasteiger partial charge in [-0.05, 0) is 42.7 Å². The molecule has 1 fully saturated rings. The third-order valence-electron chi connectivity index (χ3n) is 6.95. The Morgan fingerprint density at radius 1 is 1.22 bits per heavy atom. The summed E-state index contributed by atoms with van der Waals surface area (Å²) in [6.07, 6.45) is 0.512. The van der Waals surface area contributed by atoms with Crippen LogP contribution in [0.5, 0.6) is 5.75 Å². The number of carbonyl (C=O) groups excluding carboxylic acids is 3. The average Bonchev–Trinajstić information content (AvgIpc) is 3.32. The lowest BCUT2D eigenvalue weighted by atomic mass is 9.83. The molecular weight excluding hydrogens is 408 g/mol. The van der Waals surface area contributed by atoms with E-state index < -0.39 is 17.2 Å². The summed E-state index contributed by atoms with van der Waals surface area (Å²) in [7, 11) is 0. The fourth-order valence-corrected chi connectivity index (χ4v) is 4.62. The van der Waals surface area contributed by atoms with Crippen LogP contribution < -0.4 is 5.32 Å². The lowest BCUT2D eigenvalue weighted by Gasteiger charge is -2.42. The molecular formula is C25H28N2O5. The van der Waals surface area contributed by atoms with E-state index in [0.29, 0.717) is 13.1 Å². The second-order valence-electron chi connectivity index (χ2n) is 8.90. The first-order valence-corrected chi connectivity index (χ1v) is 10.8. The third-order valence-corrected chi connectivity index (χ3v) is 6.95. The predicted octanol–water partition coefficient (Wildman–Crippen LogP) is 2.14. The van der Waals surface area contributed by atoms with Crippen molar-refractivity contribution >= 4 is 18.0 Å². The number of amides is 1. The molecule has 2 aliphatic rings. The van der Waals surface area contributed by atoms with Crippen molar-refractivity contribution in [2.45, 2.75) is 57.0 Å². The van der Waals surface area contributed by atoms with E-state index in [1.165, 1.54) is 0 Å². The van der Waals surface area contributed by atoms with E-state index >= 15 is 0 Å². The maximum Gasteiger partial charge on any atom is 0.242 e. The van der Waals surface area contributed by atoms with Crippen LogP contribution in [0.1, 0.15) is 37.0 Å². The number of aldehydes is 1. The zero-order chi connectivity index (χ0) is 22.9. The molecule has 2 aliphatic heterocycles. The van der Waals surface area contributed by atoms with E-state index in [9.17, 15) is 19.5 Å². The molecule has 4 rings (SSSR count). The Labute approximate surface area is 187 Å². The quantitative estimate of drug-likeness (QED) is 0.646. The summed E-state index contributed by atoms with van der Waals surface area (Å²) >= 11 is 0. The molecule has 2 N–H and O–H groups in total. The summed E-state index contributed by atoms with van der Waals surface area (Å²) in [5.74, 6) is -0.436. The van der Waals surface area contributed by atoms with Gasteiger partial charge in [-0.2, -0.15) is 0 Å². The van der Waals surface area contributed by atoms with Crippen LogP contribution >= 0.6 is 0 Å². The third kappa shape index (κ3) is 3.82. The number of phenolic OH excluding ortho intramolecular Hbond substituents is 1. The normalized spacial score (nSPS) is 24.7. The van der Waals surface area contributed by atoms with Gasteiger partial charge in [-0.15, -0.1) is 0 Å². The Morgan fingerprint density at radius 3 is 2.38 bits per heavy atom. The number of Topliss-reactive ketones (excluding diaryl/α,β-unsaturated/α-hetero) is 1. The molecule has 0 bridgehead atoms. The molecule has 168 valence electrons. The van der Waals surface area contributed by atoms with E-state index in [0.717, 1.165) is 23.0 Å². The highest BCUT2D eigenvalue weighted by molar-refractivity contribution is 5.98. The molecule has 7 nitrogen and oxygen atoms in total. The van der Waals surface area contributed by atoms with E-state index in [1.807, 2.05) is 29.2 Å². The minimum atomic E-state index is -1.21. The van der Waals surface area contributed by atoms with Crippen LogP contribution in [0.3, 0.4) is 0 Å². The molecule has 0 aliphatic carbocycles. The van der Waals surface area contributed by atoms with Gasteiger partial charge in [-0.25, -0.2) is 0 Å². The fraction of sp³-hybridized carbons (Fsp3) is 0.400. The Balaban J connectivity index is 1.73. The number of nitrogens with zero attached hydrogens (tertiary/aromatic N) is 1. The number of aromatic hydroxyl groups is 1. The van der Waals surface area contributed by atoms with E-state index in [4.69, 9.17) is 4.74 Å². The first kappa shape index (κ1) is 22.2. The minimum absolute atomic E-state index is 0.0345. The van der Waals surface area contributed by atoms with Crippen molar-refractivity contribution in [3.63, 3.8) is 0 Å². The summed E-state index contributed by atoms with van der Waals surface area (Å²) in [5.41, 5.74) is 0.668. The SMILES string of the molecule is CC1OCC(=O)C1(C)NC(=O)C(CC=O)(Cc1ccc(O)cc1)N1Cc2ccccc2C1. The highest BCUT2D eigenvalue weighted by atomic mass is 16.5. The van der Waals surface area contributed by atoms with E-state index in [1.54, 1.807) is 38.1 Å². The highest BCUT2D eigenvalue weighted by Crippen LogP contribution is 2.35. The van der Waals surface area contributed by atoms with Gasteiger partial charge in [-0.1, -0.05) is 36.4 Å². The van der Waals surface area contributed by atoms with Crippen molar-refractivity contribution in [3.8, 4) is 5.75 Å². The molecule has 32 heavy (non-hydrogen) atoms. The molecule has 1 amide bonds. The van der Waals surface area contributed by atoms with Crippen LogP contribution in [0.4, 0.5) is 0 Å². The van der Waals surface area contributed by atoms with Gasteiger partial charge in [0, 0.05) is 25.9 Å². The molecule has 3 atom stereocenters. The highest BCUT2D eigenvalue weighted by Gasteiger charge is 2.52. The summed E-state index contributed by atoms with van der Waals surface area (Å²) in [5, 5.41) is 12.6. The predicted molar refractivity (Wildman–Crippen MR) is 118 cm³/mol. The van der Waals surface area contributed by atoms with Crippen LogP contribution in [0.25, 0.3) is 0 Å². The number of hydrogen-bond donors (Lipinski definition) is 2. The van der Waals surface area contributed by atoms with Crippen LogP contribution in [0, 0.1) is 0 Å². The number of benzene rings is 2. The number of nitrogens with one attached hydrogen (secondary N) is 1. The maximum atomic E-state index is 13.9. The summed E-state index contributed by atoms with van der Waals surface area (Å²) < 4.78 is 5.49. The second-order valence-corrected chi connectivity index (χ2v) is 8.90. The molecule has 0 radical (unpaired) electrons. The van der Waals surface area contributed by atoms with Crippen molar-refractivity contribution in [2.24, 2.45) is 0 Å². The number of ketones is 1. The van der Waals surface area contributed by atoms with E-state index in [-0.39, 0.29) is 36.9 Å². The Kier molecular flexibility index (Phi) is 5.88. The molecule has 0 spiro atoms. The number of hydrogen-bond acceptors (Lipinski definition) is 6. The second kappa shape index (κ2) is 8.48. The van der Waals surface area contributed by atoms with Crippen molar-refractivity contribution in [1.82, 2.24) is 10.2 Å². The minimum Gasteiger partial charge on any atom is -0.508 e. The first-order valence-electron chi connectivity index (χ1n) is 10.8. The smallest absolute Gasteiger partial charge is 0.242 e. The number of ether oxygens (including phenoxy) is 1. The Morgan fingerprint density at radius 2 is 1.84 bits per heavy atom. The molecule has 0 aromatic heterocycles. The average molecular weight is 437 g/mol. The number of carbonyl (C=O) groups is 3. The summed E-state index contributed by atoms with van der Waals surface area (Å²) in [4.78, 5) is 40.4. The Hall–Kier alpha value is -3.03. The van der Waals surface area contributed by atoms with Crippen LogP contribution in [0.15, 0.2) is 48.5 Å². The van der Waals surface area contributed by atoms with Crippen molar-refractivity contribution < 1.29 is 24.2 Å². The lowest BCUT2D eigenvalue weighted by Crippen LogP contribution is -2.65. The first-order chi connectivity index (χ1) is 15.3. The van der Waals surface area contributed by atoms with Gasteiger partial charge in [0.2, 0.25) is 5.91 Å². The largest absolute Gasteiger partial charge is 0.508 e. The molecule has 1 saturated heterocycles. The molecule has 2 aromatic rings. The van der Waals surface area contributed by atoms with Crippen LogP contribution in [-0.4, -0.2) is 51.8 Å². The van der Waals surface area contributed by atoms with Crippen LogP contribution in [0.2, 0.25) is 0 Å². The van der Waals surface area contributed by atoms with E-state index in [2.05, 4.69) is 5.32 Å². The maximum absolute atomic E-state index is 13.9. The number of fused-ring (bicyclic) bond motifs is 1. The van der Waals surface area contributed by atoms with Gasteiger partial charge in [0.05, 0.1) is 6.10 Å². The monoisotopic (exact) mass is 436 g/mol. The lowest BCUT2D eigenvalue weighted by molar-refractivity contribution is -0.141. The standard InChI is InChI=1S/C25H28N2O5/c1-17-24(2,22(30)16-32-17)26-23(31)25(11-12-28,13-18-7-9-21(29)10-8-18)27-14-19-5-3-4-6-20(19)15-27/h3-10,12,17,29H,11,13-16H2,1-2H3,(H,26,31). The number of phenols is 1. The van der Waals surface area contributed by atoms with Gasteiger partial charge in [0.1, 0.15) is 29.7 Å². The van der Waals surface area contributed by atoms with Gasteiger partial charge < -0.3 is 20.0 Å². The van der Waals surface area contributed by atoms with Crippen molar-refractivity contribution in [1.29, 1.82) is 0 Å². The molecule has 0 saturated carbocycles. The molecule has 2 aromatic carbocycles. The number of rotatable bonds is 7. The molecule has 7 heteroatoms. The van der Waals surface area contributed by atoms with Crippen molar-refractivity contribution in [3.05, 3.63) is 65.2 Å². The zero-order valence-corrected chi connectivity index (χ0v) is 18.3. The van der Waals surface area contributed by atoms with Gasteiger partial charge in [-0.3, -0.25) is 14.5 Å². The Bertz CT molecular complexity index is 1010.